The third-order valence-corrected chi connectivity index (χ3v) is 3.22. The van der Waals surface area contributed by atoms with E-state index in [4.69, 9.17) is 16.3 Å². The van der Waals surface area contributed by atoms with Crippen LogP contribution >= 0.6 is 0 Å². The second-order valence-electron chi connectivity index (χ2n) is 4.76. The Kier molecular flexibility index (Phi) is 5.14. The highest BCUT2D eigenvalue weighted by Gasteiger charge is 2.19. The number of hydrogen-bond acceptors (Lipinski definition) is 4. The quantitative estimate of drug-likeness (QED) is 0.434. The first kappa shape index (κ1) is 15.3. The number of rotatable bonds is 6. The molecule has 0 aliphatic heterocycles. The largest absolute Gasteiger partial charge is 0.493 e. The third kappa shape index (κ3) is 3.51. The molecule has 0 fully saturated rings. The normalized spacial score (nSPS) is 12.1. The van der Waals surface area contributed by atoms with Gasteiger partial charge in [-0.3, -0.25) is 5.84 Å². The van der Waals surface area contributed by atoms with Gasteiger partial charge in [-0.15, -0.1) is 0 Å². The maximum atomic E-state index is 13.5. The number of nitrogens with one attached hydrogen (secondary N) is 1. The van der Waals surface area contributed by atoms with E-state index >= 15 is 0 Å². The summed E-state index contributed by atoms with van der Waals surface area (Å²) in [6.45, 7) is 2.64. The van der Waals surface area contributed by atoms with Crippen molar-refractivity contribution in [1.82, 2.24) is 5.43 Å². The Hall–Kier alpha value is -2.11. The highest BCUT2D eigenvalue weighted by Crippen LogP contribution is 2.32. The monoisotopic (exact) mass is 289 g/mol. The summed E-state index contributed by atoms with van der Waals surface area (Å²) in [7, 11) is 0. The zero-order chi connectivity index (χ0) is 15.2. The minimum Gasteiger partial charge on any atom is -0.493 e. The van der Waals surface area contributed by atoms with Gasteiger partial charge < -0.3 is 10.5 Å². The fourth-order valence-electron chi connectivity index (χ4n) is 2.21. The summed E-state index contributed by atoms with van der Waals surface area (Å²) in [6, 6.07) is 11.3. The summed E-state index contributed by atoms with van der Waals surface area (Å²) < 4.78 is 19.2. The Morgan fingerprint density at radius 2 is 1.95 bits per heavy atom. The van der Waals surface area contributed by atoms with E-state index in [2.05, 4.69) is 5.43 Å². The molecule has 5 N–H and O–H groups in total. The van der Waals surface area contributed by atoms with Crippen molar-refractivity contribution < 1.29 is 9.13 Å². The molecule has 0 aromatic heterocycles. The number of benzene rings is 2. The molecule has 0 amide bonds. The van der Waals surface area contributed by atoms with Crippen LogP contribution in [0.25, 0.3) is 0 Å². The van der Waals surface area contributed by atoms with Crippen LogP contribution in [0.2, 0.25) is 0 Å². The first-order valence-electron chi connectivity index (χ1n) is 6.90. The van der Waals surface area contributed by atoms with E-state index < -0.39 is 6.04 Å². The zero-order valence-electron chi connectivity index (χ0n) is 12.0. The van der Waals surface area contributed by atoms with Crippen LogP contribution in [0.5, 0.6) is 5.75 Å². The molecule has 0 bridgehead atoms. The van der Waals surface area contributed by atoms with Crippen LogP contribution in [-0.4, -0.2) is 6.61 Å². The van der Waals surface area contributed by atoms with Gasteiger partial charge in [0.15, 0.2) is 0 Å². The van der Waals surface area contributed by atoms with Gasteiger partial charge in [0, 0.05) is 16.8 Å². The Bertz CT molecular complexity index is 604. The highest BCUT2D eigenvalue weighted by molar-refractivity contribution is 5.53. The Morgan fingerprint density at radius 3 is 2.67 bits per heavy atom. The number of nitrogen functional groups attached to an aromatic ring is 1. The smallest absolute Gasteiger partial charge is 0.124 e. The van der Waals surface area contributed by atoms with Crippen LogP contribution in [-0.2, 0) is 0 Å². The van der Waals surface area contributed by atoms with Crippen molar-refractivity contribution in [2.24, 2.45) is 5.84 Å². The SMILES string of the molecule is CCCOc1ccccc1C(NN)c1cc(F)ccc1N. The third-order valence-electron chi connectivity index (χ3n) is 3.22. The molecular formula is C16H20FN3O. The lowest BCUT2D eigenvalue weighted by Crippen LogP contribution is -2.30. The Morgan fingerprint density at radius 1 is 1.19 bits per heavy atom. The van der Waals surface area contributed by atoms with Crippen LogP contribution in [0, 0.1) is 5.82 Å². The molecule has 2 aromatic rings. The summed E-state index contributed by atoms with van der Waals surface area (Å²) in [5.74, 6) is 6.03. The van der Waals surface area contributed by atoms with E-state index in [1.807, 2.05) is 31.2 Å². The van der Waals surface area contributed by atoms with Crippen LogP contribution < -0.4 is 21.7 Å². The predicted molar refractivity (Wildman–Crippen MR) is 82.2 cm³/mol. The predicted octanol–water partition coefficient (Wildman–Crippen LogP) is 2.75. The van der Waals surface area contributed by atoms with Crippen molar-refractivity contribution in [3.05, 3.63) is 59.4 Å². The fraction of sp³-hybridized carbons (Fsp3) is 0.250. The first-order valence-corrected chi connectivity index (χ1v) is 6.90. The topological polar surface area (TPSA) is 73.3 Å². The molecule has 0 spiro atoms. The molecular weight excluding hydrogens is 269 g/mol. The van der Waals surface area contributed by atoms with Crippen molar-refractivity contribution >= 4 is 5.69 Å². The van der Waals surface area contributed by atoms with Gasteiger partial charge in [-0.2, -0.15) is 0 Å². The van der Waals surface area contributed by atoms with E-state index in [0.717, 1.165) is 12.0 Å². The fourth-order valence-corrected chi connectivity index (χ4v) is 2.21. The maximum Gasteiger partial charge on any atom is 0.124 e. The van der Waals surface area contributed by atoms with Crippen LogP contribution in [0.3, 0.4) is 0 Å². The van der Waals surface area contributed by atoms with Crippen molar-refractivity contribution in [2.45, 2.75) is 19.4 Å². The summed E-state index contributed by atoms with van der Waals surface area (Å²) in [5.41, 5.74) is 10.5. The summed E-state index contributed by atoms with van der Waals surface area (Å²) in [4.78, 5) is 0. The lowest BCUT2D eigenvalue weighted by atomic mass is 9.97. The number of halogens is 1. The van der Waals surface area contributed by atoms with Gasteiger partial charge >= 0.3 is 0 Å². The van der Waals surface area contributed by atoms with Gasteiger partial charge in [0.2, 0.25) is 0 Å². The maximum absolute atomic E-state index is 13.5. The molecule has 0 aliphatic rings. The van der Waals surface area contributed by atoms with E-state index in [1.54, 1.807) is 0 Å². The van der Waals surface area contributed by atoms with Crippen molar-refractivity contribution in [3.63, 3.8) is 0 Å². The van der Waals surface area contributed by atoms with Gasteiger partial charge in [-0.1, -0.05) is 25.1 Å². The standard InChI is InChI=1S/C16H20FN3O/c1-2-9-21-15-6-4-3-5-12(15)16(20-19)13-10-11(17)7-8-14(13)18/h3-8,10,16,20H,2,9,18-19H2,1H3. The van der Waals surface area contributed by atoms with Crippen molar-refractivity contribution in [2.75, 3.05) is 12.3 Å². The number of para-hydroxylation sites is 1. The van der Waals surface area contributed by atoms with Crippen LogP contribution in [0.1, 0.15) is 30.5 Å². The van der Waals surface area contributed by atoms with E-state index in [-0.39, 0.29) is 5.82 Å². The molecule has 0 aliphatic carbocycles. The molecule has 2 rings (SSSR count). The van der Waals surface area contributed by atoms with Gasteiger partial charge in [0.1, 0.15) is 11.6 Å². The van der Waals surface area contributed by atoms with E-state index in [0.29, 0.717) is 23.6 Å². The lowest BCUT2D eigenvalue weighted by Gasteiger charge is -2.21. The first-order chi connectivity index (χ1) is 10.2. The highest BCUT2D eigenvalue weighted by atomic mass is 19.1. The average Bonchev–Trinajstić information content (AvgIpc) is 2.50. The Labute approximate surface area is 123 Å². The molecule has 0 radical (unpaired) electrons. The summed E-state index contributed by atoms with van der Waals surface area (Å²) in [6.07, 6.45) is 0.900. The van der Waals surface area contributed by atoms with Gasteiger partial charge in [-0.05, 0) is 30.7 Å². The molecule has 112 valence electrons. The molecule has 0 saturated carbocycles. The van der Waals surface area contributed by atoms with Crippen LogP contribution in [0.4, 0.5) is 10.1 Å². The minimum absolute atomic E-state index is 0.355. The number of hydrazine groups is 1. The molecule has 21 heavy (non-hydrogen) atoms. The molecule has 0 saturated heterocycles. The van der Waals surface area contributed by atoms with Gasteiger partial charge in [0.05, 0.1) is 12.6 Å². The van der Waals surface area contributed by atoms with Crippen molar-refractivity contribution in [1.29, 1.82) is 0 Å². The number of hydrogen-bond donors (Lipinski definition) is 3. The molecule has 1 atom stereocenters. The zero-order valence-corrected chi connectivity index (χ0v) is 12.0. The minimum atomic E-state index is -0.436. The van der Waals surface area contributed by atoms with E-state index in [9.17, 15) is 4.39 Å². The summed E-state index contributed by atoms with van der Waals surface area (Å²) in [5, 5.41) is 0. The molecule has 4 nitrogen and oxygen atoms in total. The number of nitrogens with two attached hydrogens (primary N) is 2. The average molecular weight is 289 g/mol. The molecule has 5 heteroatoms. The molecule has 1 unspecified atom stereocenters. The van der Waals surface area contributed by atoms with Gasteiger partial charge in [-0.25, -0.2) is 9.82 Å². The second-order valence-corrected chi connectivity index (χ2v) is 4.76. The van der Waals surface area contributed by atoms with Crippen molar-refractivity contribution in [3.8, 4) is 5.75 Å². The Balaban J connectivity index is 2.44. The molecule has 0 heterocycles. The second kappa shape index (κ2) is 7.06. The number of anilines is 1. The van der Waals surface area contributed by atoms with Crippen LogP contribution in [0.15, 0.2) is 42.5 Å². The molecule has 2 aromatic carbocycles. The van der Waals surface area contributed by atoms with E-state index in [1.165, 1.54) is 18.2 Å². The number of ether oxygens (including phenoxy) is 1. The summed E-state index contributed by atoms with van der Waals surface area (Å²) >= 11 is 0. The lowest BCUT2D eigenvalue weighted by molar-refractivity contribution is 0.311. The van der Waals surface area contributed by atoms with Gasteiger partial charge in [0.25, 0.3) is 0 Å².